The SMILES string of the molecule is COc1ccc(CCNC(=S)Nc2cccc(N3CCCC3=O)c2)cc1. The van der Waals surface area contributed by atoms with Crippen molar-refractivity contribution in [2.24, 2.45) is 0 Å². The van der Waals surface area contributed by atoms with E-state index in [0.717, 1.165) is 43.1 Å². The highest BCUT2D eigenvalue weighted by Gasteiger charge is 2.21. The molecule has 2 aromatic rings. The molecule has 5 nitrogen and oxygen atoms in total. The Hall–Kier alpha value is -2.60. The van der Waals surface area contributed by atoms with E-state index in [9.17, 15) is 4.79 Å². The van der Waals surface area contributed by atoms with Gasteiger partial charge in [0, 0.05) is 30.9 Å². The molecule has 2 aromatic carbocycles. The number of methoxy groups -OCH3 is 1. The van der Waals surface area contributed by atoms with Crippen LogP contribution in [0.25, 0.3) is 0 Å². The predicted molar refractivity (Wildman–Crippen MR) is 109 cm³/mol. The molecule has 1 aliphatic rings. The molecule has 0 bridgehead atoms. The third-order valence-electron chi connectivity index (χ3n) is 4.35. The van der Waals surface area contributed by atoms with E-state index < -0.39 is 0 Å². The van der Waals surface area contributed by atoms with E-state index in [1.807, 2.05) is 53.4 Å². The predicted octanol–water partition coefficient (Wildman–Crippen LogP) is 3.35. The lowest BCUT2D eigenvalue weighted by Crippen LogP contribution is -2.30. The maximum absolute atomic E-state index is 11.9. The molecule has 6 heteroatoms. The quantitative estimate of drug-likeness (QED) is 0.765. The second-order valence-corrected chi connectivity index (χ2v) is 6.59. The number of rotatable bonds is 6. The zero-order chi connectivity index (χ0) is 18.4. The summed E-state index contributed by atoms with van der Waals surface area (Å²) in [6.07, 6.45) is 2.42. The maximum Gasteiger partial charge on any atom is 0.227 e. The highest BCUT2D eigenvalue weighted by Crippen LogP contribution is 2.24. The normalized spacial score (nSPS) is 13.6. The van der Waals surface area contributed by atoms with Gasteiger partial charge in [-0.25, -0.2) is 0 Å². The molecule has 0 atom stereocenters. The Labute approximate surface area is 159 Å². The van der Waals surface area contributed by atoms with Crippen LogP contribution < -0.4 is 20.3 Å². The van der Waals surface area contributed by atoms with Gasteiger partial charge in [-0.2, -0.15) is 0 Å². The fourth-order valence-electron chi connectivity index (χ4n) is 2.96. The molecule has 1 heterocycles. The summed E-state index contributed by atoms with van der Waals surface area (Å²) in [5.41, 5.74) is 3.01. The number of carbonyl (C=O) groups is 1. The van der Waals surface area contributed by atoms with E-state index in [-0.39, 0.29) is 5.91 Å². The molecule has 136 valence electrons. The van der Waals surface area contributed by atoms with Crippen molar-refractivity contribution in [2.75, 3.05) is 30.4 Å². The fourth-order valence-corrected chi connectivity index (χ4v) is 3.18. The molecule has 1 amide bonds. The molecule has 1 fully saturated rings. The highest BCUT2D eigenvalue weighted by atomic mass is 32.1. The summed E-state index contributed by atoms with van der Waals surface area (Å²) in [6, 6.07) is 15.8. The Bertz CT molecular complexity index is 777. The molecule has 0 unspecified atom stereocenters. The minimum atomic E-state index is 0.183. The van der Waals surface area contributed by atoms with Crippen LogP contribution in [0.3, 0.4) is 0 Å². The van der Waals surface area contributed by atoms with Crippen molar-refractivity contribution in [3.8, 4) is 5.75 Å². The van der Waals surface area contributed by atoms with Crippen molar-refractivity contribution in [1.29, 1.82) is 0 Å². The van der Waals surface area contributed by atoms with Crippen molar-refractivity contribution >= 4 is 34.6 Å². The molecule has 0 radical (unpaired) electrons. The number of benzene rings is 2. The van der Waals surface area contributed by atoms with E-state index in [2.05, 4.69) is 10.6 Å². The average Bonchev–Trinajstić information content (AvgIpc) is 3.08. The smallest absolute Gasteiger partial charge is 0.227 e. The third-order valence-corrected chi connectivity index (χ3v) is 4.59. The van der Waals surface area contributed by atoms with Crippen molar-refractivity contribution in [1.82, 2.24) is 5.32 Å². The topological polar surface area (TPSA) is 53.6 Å². The number of thiocarbonyl (C=S) groups is 1. The summed E-state index contributed by atoms with van der Waals surface area (Å²) >= 11 is 5.37. The first kappa shape index (κ1) is 18.2. The van der Waals surface area contributed by atoms with Gasteiger partial charge < -0.3 is 20.3 Å². The molecule has 0 aromatic heterocycles. The van der Waals surface area contributed by atoms with E-state index in [1.165, 1.54) is 5.56 Å². The van der Waals surface area contributed by atoms with Gasteiger partial charge in [0.1, 0.15) is 5.75 Å². The molecular formula is C20H23N3O2S. The number of nitrogens with zero attached hydrogens (tertiary/aromatic N) is 1. The zero-order valence-corrected chi connectivity index (χ0v) is 15.6. The number of amides is 1. The van der Waals surface area contributed by atoms with Crippen molar-refractivity contribution in [3.05, 3.63) is 54.1 Å². The Morgan fingerprint density at radius 3 is 2.73 bits per heavy atom. The summed E-state index contributed by atoms with van der Waals surface area (Å²) in [6.45, 7) is 1.52. The van der Waals surface area contributed by atoms with Crippen LogP contribution in [0, 0.1) is 0 Å². The summed E-state index contributed by atoms with van der Waals surface area (Å²) in [5, 5.41) is 6.97. The summed E-state index contributed by atoms with van der Waals surface area (Å²) in [5.74, 6) is 1.04. The lowest BCUT2D eigenvalue weighted by molar-refractivity contribution is -0.117. The van der Waals surface area contributed by atoms with E-state index in [0.29, 0.717) is 11.5 Å². The van der Waals surface area contributed by atoms with Crippen LogP contribution in [-0.2, 0) is 11.2 Å². The number of nitrogens with one attached hydrogen (secondary N) is 2. The van der Waals surface area contributed by atoms with Crippen LogP contribution in [0.1, 0.15) is 18.4 Å². The minimum absolute atomic E-state index is 0.183. The van der Waals surface area contributed by atoms with E-state index in [4.69, 9.17) is 17.0 Å². The van der Waals surface area contributed by atoms with Crippen LogP contribution >= 0.6 is 12.2 Å². The second kappa shape index (κ2) is 8.67. The molecule has 0 aliphatic carbocycles. The standard InChI is InChI=1S/C20H23N3O2S/c1-25-18-9-7-15(8-10-18)11-12-21-20(26)22-16-4-2-5-17(14-16)23-13-3-6-19(23)24/h2,4-5,7-10,14H,3,6,11-13H2,1H3,(H2,21,22,26). The van der Waals surface area contributed by atoms with Crippen molar-refractivity contribution in [3.63, 3.8) is 0 Å². The molecule has 1 saturated heterocycles. The monoisotopic (exact) mass is 369 g/mol. The maximum atomic E-state index is 11.9. The minimum Gasteiger partial charge on any atom is -0.497 e. The van der Waals surface area contributed by atoms with E-state index in [1.54, 1.807) is 7.11 Å². The lowest BCUT2D eigenvalue weighted by Gasteiger charge is -2.17. The van der Waals surface area contributed by atoms with Gasteiger partial charge in [0.15, 0.2) is 5.11 Å². The molecule has 2 N–H and O–H groups in total. The number of hydrogen-bond acceptors (Lipinski definition) is 3. The van der Waals surface area contributed by atoms with Crippen molar-refractivity contribution in [2.45, 2.75) is 19.3 Å². The lowest BCUT2D eigenvalue weighted by atomic mass is 10.1. The van der Waals surface area contributed by atoms with Gasteiger partial charge in [-0.15, -0.1) is 0 Å². The van der Waals surface area contributed by atoms with Gasteiger partial charge >= 0.3 is 0 Å². The van der Waals surface area contributed by atoms with Gasteiger partial charge in [-0.3, -0.25) is 4.79 Å². The van der Waals surface area contributed by atoms with Crippen molar-refractivity contribution < 1.29 is 9.53 Å². The second-order valence-electron chi connectivity index (χ2n) is 6.18. The summed E-state index contributed by atoms with van der Waals surface area (Å²) < 4.78 is 5.16. The van der Waals surface area contributed by atoms with Crippen LogP contribution in [0.2, 0.25) is 0 Å². The van der Waals surface area contributed by atoms with Crippen LogP contribution in [0.15, 0.2) is 48.5 Å². The van der Waals surface area contributed by atoms with Gasteiger partial charge in [0.2, 0.25) is 5.91 Å². The molecule has 0 spiro atoms. The Morgan fingerprint density at radius 2 is 2.04 bits per heavy atom. The third kappa shape index (κ3) is 4.73. The molecule has 0 saturated carbocycles. The summed E-state index contributed by atoms with van der Waals surface area (Å²) in [4.78, 5) is 13.7. The Balaban J connectivity index is 1.49. The fraction of sp³-hybridized carbons (Fsp3) is 0.300. The first-order valence-electron chi connectivity index (χ1n) is 8.74. The first-order valence-corrected chi connectivity index (χ1v) is 9.15. The first-order chi connectivity index (χ1) is 12.7. The number of carbonyl (C=O) groups excluding carboxylic acids is 1. The molecule has 26 heavy (non-hydrogen) atoms. The van der Waals surface area contributed by atoms with Crippen LogP contribution in [0.4, 0.5) is 11.4 Å². The van der Waals surface area contributed by atoms with Crippen LogP contribution in [-0.4, -0.2) is 31.2 Å². The Kier molecular flexibility index (Phi) is 6.07. The van der Waals surface area contributed by atoms with Gasteiger partial charge in [0.05, 0.1) is 7.11 Å². The Morgan fingerprint density at radius 1 is 1.23 bits per heavy atom. The summed E-state index contributed by atoms with van der Waals surface area (Å²) in [7, 11) is 1.66. The number of ether oxygens (including phenoxy) is 1. The average molecular weight is 369 g/mol. The van der Waals surface area contributed by atoms with Gasteiger partial charge in [-0.05, 0) is 61.0 Å². The molecule has 3 rings (SSSR count). The zero-order valence-electron chi connectivity index (χ0n) is 14.8. The molecular weight excluding hydrogens is 346 g/mol. The molecule has 1 aliphatic heterocycles. The number of anilines is 2. The van der Waals surface area contributed by atoms with Crippen LogP contribution in [0.5, 0.6) is 5.75 Å². The van der Waals surface area contributed by atoms with E-state index >= 15 is 0 Å². The van der Waals surface area contributed by atoms with Gasteiger partial charge in [0.25, 0.3) is 0 Å². The largest absolute Gasteiger partial charge is 0.497 e. The number of hydrogen-bond donors (Lipinski definition) is 2. The highest BCUT2D eigenvalue weighted by molar-refractivity contribution is 7.80. The van der Waals surface area contributed by atoms with Gasteiger partial charge in [-0.1, -0.05) is 18.2 Å².